The van der Waals surface area contributed by atoms with Gasteiger partial charge in [0.05, 0.1) is 30.3 Å². The molecule has 3 fully saturated rings. The molecular formula is C44H46F4N6O6. The molecule has 9 rings (SSSR count). The molecule has 316 valence electrons. The zero-order chi connectivity index (χ0) is 42.4. The van der Waals surface area contributed by atoms with Gasteiger partial charge in [-0.2, -0.15) is 0 Å². The summed E-state index contributed by atoms with van der Waals surface area (Å²) in [5, 5.41) is 12.3. The van der Waals surface area contributed by atoms with E-state index in [4.69, 9.17) is 0 Å². The second-order valence-corrected chi connectivity index (χ2v) is 17.7. The van der Waals surface area contributed by atoms with Gasteiger partial charge in [-0.05, 0) is 110 Å². The van der Waals surface area contributed by atoms with E-state index < -0.39 is 65.9 Å². The molecule has 3 saturated heterocycles. The summed E-state index contributed by atoms with van der Waals surface area (Å²) in [6.45, 7) is 5.08. The van der Waals surface area contributed by atoms with Crippen LogP contribution in [-0.4, -0.2) is 112 Å². The van der Waals surface area contributed by atoms with E-state index in [-0.39, 0.29) is 66.2 Å². The number of hydrogen-bond acceptors (Lipinski definition) is 9. The van der Waals surface area contributed by atoms with Crippen LogP contribution in [0.2, 0.25) is 0 Å². The molecule has 1 spiro atoms. The van der Waals surface area contributed by atoms with Crippen molar-refractivity contribution in [3.63, 3.8) is 0 Å². The van der Waals surface area contributed by atoms with E-state index in [9.17, 15) is 37.9 Å². The van der Waals surface area contributed by atoms with Gasteiger partial charge in [-0.1, -0.05) is 6.07 Å². The fourth-order valence-corrected chi connectivity index (χ4v) is 10.5. The Bertz CT molecular complexity index is 2280. The summed E-state index contributed by atoms with van der Waals surface area (Å²) >= 11 is 0. The smallest absolute Gasteiger partial charge is 0.262 e. The molecule has 5 amide bonds. The molecule has 3 atom stereocenters. The van der Waals surface area contributed by atoms with Crippen LogP contribution in [0.5, 0.6) is 5.75 Å². The lowest BCUT2D eigenvalue weighted by atomic mass is 9.77. The number of piperidine rings is 2. The molecule has 6 aliphatic heterocycles. The predicted octanol–water partition coefficient (Wildman–Crippen LogP) is 4.90. The first kappa shape index (κ1) is 40.1. The lowest BCUT2D eigenvalue weighted by molar-refractivity contribution is -0.136. The van der Waals surface area contributed by atoms with E-state index in [1.54, 1.807) is 30.0 Å². The summed E-state index contributed by atoms with van der Waals surface area (Å²) in [5.41, 5.74) is 3.04. The molecule has 0 saturated carbocycles. The largest absolute Gasteiger partial charge is 0.508 e. The number of fused-ring (bicyclic) bond motifs is 3. The Labute approximate surface area is 344 Å². The van der Waals surface area contributed by atoms with Crippen LogP contribution in [0.4, 0.5) is 23.2 Å². The molecular weight excluding hydrogens is 785 g/mol. The fourth-order valence-electron chi connectivity index (χ4n) is 10.5. The van der Waals surface area contributed by atoms with E-state index >= 15 is 8.78 Å². The molecule has 2 N–H and O–H groups in total. The normalized spacial score (nSPS) is 24.3. The van der Waals surface area contributed by atoms with Gasteiger partial charge >= 0.3 is 0 Å². The number of anilines is 1. The molecule has 3 aromatic rings. The first-order valence-electron chi connectivity index (χ1n) is 20.5. The highest BCUT2D eigenvalue weighted by atomic mass is 19.3. The number of halogens is 4. The van der Waals surface area contributed by atoms with Crippen LogP contribution in [0.15, 0.2) is 42.5 Å². The number of rotatable bonds is 7. The lowest BCUT2D eigenvalue weighted by Gasteiger charge is -2.43. The number of nitrogens with one attached hydrogen (secondary N) is 1. The zero-order valence-corrected chi connectivity index (χ0v) is 33.4. The highest BCUT2D eigenvalue weighted by Crippen LogP contribution is 2.45. The van der Waals surface area contributed by atoms with Crippen LogP contribution in [0.1, 0.15) is 101 Å². The molecule has 12 nitrogen and oxygen atoms in total. The van der Waals surface area contributed by atoms with Crippen LogP contribution >= 0.6 is 0 Å². The van der Waals surface area contributed by atoms with Crippen molar-refractivity contribution in [1.29, 1.82) is 0 Å². The molecule has 60 heavy (non-hydrogen) atoms. The Kier molecular flexibility index (Phi) is 9.81. The summed E-state index contributed by atoms with van der Waals surface area (Å²) in [4.78, 5) is 72.5. The van der Waals surface area contributed by atoms with Gasteiger partial charge in [0.25, 0.3) is 17.7 Å². The fraction of sp³-hybridized carbons (Fsp3) is 0.477. The molecule has 6 aliphatic rings. The van der Waals surface area contributed by atoms with E-state index in [1.807, 2.05) is 4.90 Å². The van der Waals surface area contributed by atoms with Crippen molar-refractivity contribution in [2.24, 2.45) is 5.41 Å². The number of carbonyl (C=O) groups excluding carboxylic acids is 5. The SMILES string of the molecule is C[C@@H]1Cc2cc(O)ccc2[C@@H](c2c(F)cc(N3CCC4(CCN(CC(=O)N5Cc6cc7c(cc6C5)C(=O)N(C5CCC(=O)NC5=O)C7=O)C4)CC3)cc2F)N1CC(C)(F)F. The van der Waals surface area contributed by atoms with Crippen molar-refractivity contribution in [3.8, 4) is 5.75 Å². The molecule has 16 heteroatoms. The minimum absolute atomic E-state index is 0.00588. The number of hydrogen-bond donors (Lipinski definition) is 2. The van der Waals surface area contributed by atoms with E-state index in [1.165, 1.54) is 29.2 Å². The minimum Gasteiger partial charge on any atom is -0.508 e. The van der Waals surface area contributed by atoms with E-state index in [0.29, 0.717) is 49.4 Å². The highest BCUT2D eigenvalue weighted by molar-refractivity contribution is 6.23. The summed E-state index contributed by atoms with van der Waals surface area (Å²) < 4.78 is 61.3. The number of nitrogens with zero attached hydrogens (tertiary/aromatic N) is 5. The molecule has 3 aromatic carbocycles. The van der Waals surface area contributed by atoms with Gasteiger partial charge in [-0.25, -0.2) is 17.6 Å². The molecule has 0 aliphatic carbocycles. The van der Waals surface area contributed by atoms with Gasteiger partial charge in [0.2, 0.25) is 17.7 Å². The maximum Gasteiger partial charge on any atom is 0.262 e. The van der Waals surface area contributed by atoms with Gasteiger partial charge in [0, 0.05) is 63.4 Å². The second kappa shape index (κ2) is 14.7. The molecule has 0 bridgehead atoms. The highest BCUT2D eigenvalue weighted by Gasteiger charge is 2.47. The maximum absolute atomic E-state index is 16.2. The van der Waals surface area contributed by atoms with Crippen molar-refractivity contribution in [2.45, 2.75) is 89.5 Å². The van der Waals surface area contributed by atoms with Crippen molar-refractivity contribution < 1.29 is 46.6 Å². The minimum atomic E-state index is -3.11. The Hall–Kier alpha value is -5.35. The first-order chi connectivity index (χ1) is 28.5. The van der Waals surface area contributed by atoms with Crippen molar-refractivity contribution in [3.05, 3.63) is 93.0 Å². The number of likely N-dealkylation sites (tertiary alicyclic amines) is 1. The number of alkyl halides is 2. The van der Waals surface area contributed by atoms with Crippen LogP contribution < -0.4 is 10.2 Å². The quantitative estimate of drug-likeness (QED) is 0.252. The number of amides is 5. The van der Waals surface area contributed by atoms with Crippen LogP contribution in [0, 0.1) is 17.0 Å². The first-order valence-corrected chi connectivity index (χ1v) is 20.5. The number of imide groups is 2. The van der Waals surface area contributed by atoms with E-state index in [0.717, 1.165) is 42.2 Å². The van der Waals surface area contributed by atoms with Crippen molar-refractivity contribution in [2.75, 3.05) is 44.2 Å². The van der Waals surface area contributed by atoms with Crippen molar-refractivity contribution in [1.82, 2.24) is 24.9 Å². The zero-order valence-electron chi connectivity index (χ0n) is 33.4. The molecule has 0 aromatic heterocycles. The Morgan fingerprint density at radius 2 is 1.53 bits per heavy atom. The van der Waals surface area contributed by atoms with Gasteiger partial charge in [0.1, 0.15) is 23.4 Å². The molecule has 6 heterocycles. The van der Waals surface area contributed by atoms with Crippen LogP contribution in [-0.2, 0) is 33.9 Å². The predicted molar refractivity (Wildman–Crippen MR) is 209 cm³/mol. The Morgan fingerprint density at radius 3 is 2.15 bits per heavy atom. The molecule has 1 unspecified atom stereocenters. The number of phenols is 1. The summed E-state index contributed by atoms with van der Waals surface area (Å²) in [6, 6.07) is 7.72. The average Bonchev–Trinajstić information content (AvgIpc) is 3.85. The number of benzene rings is 3. The molecule has 0 radical (unpaired) electrons. The van der Waals surface area contributed by atoms with Crippen LogP contribution in [0.25, 0.3) is 0 Å². The second-order valence-electron chi connectivity index (χ2n) is 17.7. The van der Waals surface area contributed by atoms with E-state index in [2.05, 4.69) is 10.2 Å². The number of carbonyl (C=O) groups is 5. The number of phenolic OH excluding ortho intramolecular Hbond substituents is 1. The standard InChI is InChI=1S/C44H46F4N6O6/c1-24-13-25-14-29(55)3-4-30(25)39(53(24)22-43(2,47)48)38-33(45)17-28(18-34(38)46)51-11-8-44(9-12-51)7-10-50(23-44)21-37(57)52-19-26-15-31-32(16-27(26)20-52)42(60)54(41(31)59)35-5-6-36(56)49-40(35)58/h3-4,14-18,24,35,39,55H,5-13,19-23H2,1-2H3,(H,49,56,58)/t24-,35?,39+/m1/s1. The third-order valence-corrected chi connectivity index (χ3v) is 13.5. The van der Waals surface area contributed by atoms with Gasteiger partial charge in [-0.3, -0.25) is 44.0 Å². The topological polar surface area (TPSA) is 134 Å². The summed E-state index contributed by atoms with van der Waals surface area (Å²) in [7, 11) is 0. The monoisotopic (exact) mass is 830 g/mol. The average molecular weight is 831 g/mol. The maximum atomic E-state index is 16.2. The lowest BCUT2D eigenvalue weighted by Crippen LogP contribution is -2.54. The number of aromatic hydroxyl groups is 1. The third kappa shape index (κ3) is 7.10. The van der Waals surface area contributed by atoms with Crippen molar-refractivity contribution >= 4 is 35.2 Å². The van der Waals surface area contributed by atoms with Gasteiger partial charge < -0.3 is 14.9 Å². The van der Waals surface area contributed by atoms with Crippen LogP contribution in [0.3, 0.4) is 0 Å². The van der Waals surface area contributed by atoms with Gasteiger partial charge in [-0.15, -0.1) is 0 Å². The Balaban J connectivity index is 0.826. The van der Waals surface area contributed by atoms with Gasteiger partial charge in [0.15, 0.2) is 0 Å². The summed E-state index contributed by atoms with van der Waals surface area (Å²) in [5.74, 6) is -7.13. The third-order valence-electron chi connectivity index (χ3n) is 13.5. The summed E-state index contributed by atoms with van der Waals surface area (Å²) in [6.07, 6.45) is 2.80. The Morgan fingerprint density at radius 1 is 0.900 bits per heavy atom.